The molecule has 0 amide bonds. The van der Waals surface area contributed by atoms with E-state index in [1.165, 1.54) is 5.59 Å². The summed E-state index contributed by atoms with van der Waals surface area (Å²) in [5.74, 6) is 0. The Morgan fingerprint density at radius 3 is 3.09 bits per heavy atom. The van der Waals surface area contributed by atoms with Crippen LogP contribution < -0.4 is 10.9 Å². The van der Waals surface area contributed by atoms with Gasteiger partial charge in [0.2, 0.25) is 0 Å². The molecule has 0 bridgehead atoms. The van der Waals surface area contributed by atoms with Crippen molar-refractivity contribution in [1.29, 1.82) is 0 Å². The summed E-state index contributed by atoms with van der Waals surface area (Å²) in [5.41, 5.74) is 1.18. The van der Waals surface area contributed by atoms with Crippen LogP contribution in [0.1, 0.15) is 0 Å². The Labute approximate surface area is 68.3 Å². The molecule has 0 aromatic carbocycles. The van der Waals surface area contributed by atoms with Crippen LogP contribution in [-0.2, 0) is 0 Å². The molecular weight excluding hydrogens is 135 g/mol. The van der Waals surface area contributed by atoms with Gasteiger partial charge in [-0.15, -0.1) is 0 Å². The van der Waals surface area contributed by atoms with Gasteiger partial charge in [0.05, 0.1) is 0 Å². The molecule has 3 heteroatoms. The quantitative estimate of drug-likeness (QED) is 0.471. The summed E-state index contributed by atoms with van der Waals surface area (Å²) in [4.78, 5) is 4.22. The van der Waals surface area contributed by atoms with Gasteiger partial charge in [0.1, 0.15) is 0 Å². The monoisotopic (exact) mass is 148 g/mol. The van der Waals surface area contributed by atoms with Crippen LogP contribution in [0.15, 0.2) is 24.4 Å². The molecule has 0 spiro atoms. The maximum absolute atomic E-state index is 4.22. The van der Waals surface area contributed by atoms with E-state index in [9.17, 15) is 0 Å². The first-order valence-corrected chi connectivity index (χ1v) is 3.98. The molecule has 1 heterocycles. The highest BCUT2D eigenvalue weighted by molar-refractivity contribution is 6.52. The molecule has 11 heavy (non-hydrogen) atoms. The van der Waals surface area contributed by atoms with Crippen LogP contribution in [0, 0.1) is 0 Å². The summed E-state index contributed by atoms with van der Waals surface area (Å²) in [6.07, 6.45) is 3.00. The largest absolute Gasteiger partial charge is 0.320 e. The maximum atomic E-state index is 4.22. The highest BCUT2D eigenvalue weighted by atomic mass is 14.8. The third-order valence-corrected chi connectivity index (χ3v) is 1.59. The Bertz CT molecular complexity index is 189. The number of hydrogen-bond acceptors (Lipinski definition) is 2. The van der Waals surface area contributed by atoms with Crippen LogP contribution in [0.3, 0.4) is 0 Å². The standard InChI is InChI=1S/C8H13BN2/c1-10-7-5-9-8-4-2-3-6-11-8/h2-4,6,9-10H,5,7H2,1H3. The Balaban J connectivity index is 2.28. The van der Waals surface area contributed by atoms with Crippen molar-refractivity contribution >= 4 is 12.9 Å². The van der Waals surface area contributed by atoms with E-state index >= 15 is 0 Å². The molecule has 0 saturated carbocycles. The SMILES string of the molecule is CNCCBc1ccccn1. The van der Waals surface area contributed by atoms with Crippen molar-refractivity contribution in [3.8, 4) is 0 Å². The zero-order valence-electron chi connectivity index (χ0n) is 6.88. The fourth-order valence-electron chi connectivity index (χ4n) is 0.992. The number of rotatable bonds is 4. The first-order chi connectivity index (χ1) is 5.43. The second-order valence-electron chi connectivity index (χ2n) is 2.53. The molecular formula is C8H13BN2. The van der Waals surface area contributed by atoms with Crippen LogP contribution in [-0.4, -0.2) is 25.9 Å². The molecule has 0 unspecified atom stereocenters. The van der Waals surface area contributed by atoms with Gasteiger partial charge < -0.3 is 5.32 Å². The van der Waals surface area contributed by atoms with Crippen molar-refractivity contribution < 1.29 is 0 Å². The van der Waals surface area contributed by atoms with Crippen molar-refractivity contribution in [3.05, 3.63) is 24.4 Å². The fourth-order valence-corrected chi connectivity index (χ4v) is 0.992. The summed E-state index contributed by atoms with van der Waals surface area (Å²) in [6, 6.07) is 6.04. The minimum absolute atomic E-state index is 1.07. The van der Waals surface area contributed by atoms with Crippen molar-refractivity contribution in [2.75, 3.05) is 13.6 Å². The molecule has 1 aromatic heterocycles. The van der Waals surface area contributed by atoms with Gasteiger partial charge in [0, 0.05) is 6.20 Å². The Hall–Kier alpha value is -0.825. The Kier molecular flexibility index (Phi) is 3.69. The van der Waals surface area contributed by atoms with E-state index < -0.39 is 0 Å². The number of nitrogens with one attached hydrogen (secondary N) is 1. The average molecular weight is 148 g/mol. The fraction of sp³-hybridized carbons (Fsp3) is 0.375. The lowest BCUT2D eigenvalue weighted by atomic mass is 9.70. The van der Waals surface area contributed by atoms with Gasteiger partial charge in [0.25, 0.3) is 0 Å². The number of aromatic nitrogens is 1. The molecule has 0 radical (unpaired) electrons. The highest BCUT2D eigenvalue weighted by Crippen LogP contribution is 1.79. The predicted molar refractivity (Wildman–Crippen MR) is 49.8 cm³/mol. The van der Waals surface area contributed by atoms with E-state index in [1.54, 1.807) is 0 Å². The van der Waals surface area contributed by atoms with Gasteiger partial charge in [-0.2, -0.15) is 0 Å². The van der Waals surface area contributed by atoms with Gasteiger partial charge >= 0.3 is 0 Å². The average Bonchev–Trinajstić information content (AvgIpc) is 2.07. The molecule has 2 nitrogen and oxygen atoms in total. The topological polar surface area (TPSA) is 24.9 Å². The zero-order valence-corrected chi connectivity index (χ0v) is 6.88. The summed E-state index contributed by atoms with van der Waals surface area (Å²) >= 11 is 0. The van der Waals surface area contributed by atoms with E-state index in [1.807, 2.05) is 25.4 Å². The molecule has 0 fully saturated rings. The Morgan fingerprint density at radius 2 is 2.45 bits per heavy atom. The molecule has 58 valence electrons. The lowest BCUT2D eigenvalue weighted by molar-refractivity contribution is 0.860. The molecule has 1 N–H and O–H groups in total. The van der Waals surface area contributed by atoms with Crippen molar-refractivity contribution in [2.24, 2.45) is 0 Å². The predicted octanol–water partition coefficient (Wildman–Crippen LogP) is -0.219. The number of hydrogen-bond donors (Lipinski definition) is 1. The van der Waals surface area contributed by atoms with Crippen LogP contribution in [0.25, 0.3) is 0 Å². The summed E-state index contributed by atoms with van der Waals surface area (Å²) < 4.78 is 0. The van der Waals surface area contributed by atoms with E-state index in [4.69, 9.17) is 0 Å². The van der Waals surface area contributed by atoms with Crippen LogP contribution >= 0.6 is 0 Å². The van der Waals surface area contributed by atoms with Gasteiger partial charge in [-0.05, 0) is 25.3 Å². The first-order valence-electron chi connectivity index (χ1n) is 3.98. The van der Waals surface area contributed by atoms with Gasteiger partial charge in [0.15, 0.2) is 7.28 Å². The molecule has 0 aliphatic rings. The molecule has 1 aromatic rings. The smallest absolute Gasteiger partial charge is 0.183 e. The minimum Gasteiger partial charge on any atom is -0.320 e. The highest BCUT2D eigenvalue weighted by Gasteiger charge is 1.93. The van der Waals surface area contributed by atoms with Gasteiger partial charge in [-0.25, -0.2) is 0 Å². The van der Waals surface area contributed by atoms with E-state index in [-0.39, 0.29) is 0 Å². The zero-order chi connectivity index (χ0) is 7.94. The van der Waals surface area contributed by atoms with E-state index in [0.29, 0.717) is 0 Å². The lowest BCUT2D eigenvalue weighted by Gasteiger charge is -1.96. The molecule has 0 aliphatic carbocycles. The number of nitrogens with zero attached hydrogens (tertiary/aromatic N) is 1. The van der Waals surface area contributed by atoms with Crippen molar-refractivity contribution in [2.45, 2.75) is 6.32 Å². The summed E-state index contributed by atoms with van der Waals surface area (Å²) in [6.45, 7) is 1.07. The van der Waals surface area contributed by atoms with Gasteiger partial charge in [-0.1, -0.05) is 18.5 Å². The molecule has 0 atom stereocenters. The van der Waals surface area contributed by atoms with E-state index in [2.05, 4.69) is 16.4 Å². The molecule has 0 saturated heterocycles. The van der Waals surface area contributed by atoms with Crippen LogP contribution in [0.4, 0.5) is 0 Å². The molecule has 0 aliphatic heterocycles. The van der Waals surface area contributed by atoms with Crippen LogP contribution in [0.5, 0.6) is 0 Å². The second-order valence-corrected chi connectivity index (χ2v) is 2.53. The minimum atomic E-state index is 1.07. The van der Waals surface area contributed by atoms with E-state index in [0.717, 1.165) is 20.1 Å². The van der Waals surface area contributed by atoms with Gasteiger partial charge in [-0.3, -0.25) is 4.98 Å². The maximum Gasteiger partial charge on any atom is 0.183 e. The Morgan fingerprint density at radius 1 is 1.55 bits per heavy atom. The summed E-state index contributed by atoms with van der Waals surface area (Å²) in [7, 11) is 3.04. The van der Waals surface area contributed by atoms with Crippen LogP contribution in [0.2, 0.25) is 6.32 Å². The van der Waals surface area contributed by atoms with Crippen molar-refractivity contribution in [1.82, 2.24) is 10.3 Å². The first kappa shape index (κ1) is 8.27. The normalized spacial score (nSPS) is 9.55. The summed E-state index contributed by atoms with van der Waals surface area (Å²) in [5, 5.41) is 3.11. The van der Waals surface area contributed by atoms with Crippen molar-refractivity contribution in [3.63, 3.8) is 0 Å². The number of pyridine rings is 1. The third kappa shape index (κ3) is 3.19. The molecule has 1 rings (SSSR count). The lowest BCUT2D eigenvalue weighted by Crippen LogP contribution is -2.21. The third-order valence-electron chi connectivity index (χ3n) is 1.59. The second kappa shape index (κ2) is 4.91.